The van der Waals surface area contributed by atoms with Crippen LogP contribution in [0.1, 0.15) is 22.5 Å². The van der Waals surface area contributed by atoms with Gasteiger partial charge in [0.25, 0.3) is 0 Å². The largest absolute Gasteiger partial charge is 0.456 e. The highest BCUT2D eigenvalue weighted by atomic mass is 32.1. The Balaban J connectivity index is 2.07. The van der Waals surface area contributed by atoms with Gasteiger partial charge < -0.3 is 15.2 Å². The lowest BCUT2D eigenvalue weighted by Gasteiger charge is -2.09. The second kappa shape index (κ2) is 4.16. The van der Waals surface area contributed by atoms with Crippen LogP contribution in [0, 0.1) is 6.92 Å². The number of hydrogen-bond donors (Lipinski definition) is 1. The minimum Gasteiger partial charge on any atom is -0.456 e. The highest BCUT2D eigenvalue weighted by Crippen LogP contribution is 2.23. The van der Waals surface area contributed by atoms with Crippen molar-refractivity contribution in [2.75, 3.05) is 18.9 Å². The van der Waals surface area contributed by atoms with Gasteiger partial charge >= 0.3 is 5.97 Å². The molecule has 0 aliphatic carbocycles. The van der Waals surface area contributed by atoms with E-state index in [1.807, 2.05) is 0 Å². The maximum absolute atomic E-state index is 11.7. The van der Waals surface area contributed by atoms with Gasteiger partial charge in [0.1, 0.15) is 16.7 Å². The van der Waals surface area contributed by atoms with Crippen LogP contribution in [0.15, 0.2) is 0 Å². The van der Waals surface area contributed by atoms with Gasteiger partial charge in [-0.2, -0.15) is 4.37 Å². The van der Waals surface area contributed by atoms with Gasteiger partial charge in [0.05, 0.1) is 18.9 Å². The second-order valence-corrected chi connectivity index (χ2v) is 4.20. The molecule has 1 saturated heterocycles. The lowest BCUT2D eigenvalue weighted by Crippen LogP contribution is -2.19. The molecule has 15 heavy (non-hydrogen) atoms. The summed E-state index contributed by atoms with van der Waals surface area (Å²) in [6.07, 6.45) is 0.610. The standard InChI is InChI=1S/C9H12N2O3S/c1-5-7(8(10)15-11-5)9(12)14-6-2-3-13-4-6/h6H,2-4,10H2,1H3. The van der Waals surface area contributed by atoms with Gasteiger partial charge in [0, 0.05) is 6.42 Å². The monoisotopic (exact) mass is 228 g/mol. The van der Waals surface area contributed by atoms with Gasteiger partial charge in [-0.15, -0.1) is 0 Å². The number of ether oxygens (including phenoxy) is 2. The zero-order valence-corrected chi connectivity index (χ0v) is 9.17. The topological polar surface area (TPSA) is 74.4 Å². The Bertz CT molecular complexity index is 352. The summed E-state index contributed by atoms with van der Waals surface area (Å²) >= 11 is 1.11. The van der Waals surface area contributed by atoms with E-state index >= 15 is 0 Å². The summed E-state index contributed by atoms with van der Waals surface area (Å²) in [4.78, 5) is 11.7. The van der Waals surface area contributed by atoms with Crippen LogP contribution in [-0.4, -0.2) is 29.7 Å². The van der Waals surface area contributed by atoms with Gasteiger partial charge in [-0.1, -0.05) is 0 Å². The lowest BCUT2D eigenvalue weighted by molar-refractivity contribution is 0.0271. The number of aromatic nitrogens is 1. The number of nitrogens with two attached hydrogens (primary N) is 1. The van der Waals surface area contributed by atoms with E-state index in [4.69, 9.17) is 15.2 Å². The number of nitrogens with zero attached hydrogens (tertiary/aromatic N) is 1. The summed E-state index contributed by atoms with van der Waals surface area (Å²) in [5.41, 5.74) is 6.66. The average molecular weight is 228 g/mol. The number of hydrogen-bond acceptors (Lipinski definition) is 6. The Hall–Kier alpha value is -1.14. The van der Waals surface area contributed by atoms with Crippen LogP contribution in [0.5, 0.6) is 0 Å². The molecule has 1 aliphatic rings. The fraction of sp³-hybridized carbons (Fsp3) is 0.556. The average Bonchev–Trinajstić information content (AvgIpc) is 2.77. The molecule has 0 amide bonds. The quantitative estimate of drug-likeness (QED) is 0.764. The molecule has 2 rings (SSSR count). The molecule has 1 atom stereocenters. The molecule has 6 heteroatoms. The molecular weight excluding hydrogens is 216 g/mol. The first-order valence-corrected chi connectivity index (χ1v) is 5.46. The Morgan fingerprint density at radius 1 is 1.73 bits per heavy atom. The minimum atomic E-state index is -0.394. The van der Waals surface area contributed by atoms with E-state index in [1.54, 1.807) is 6.92 Å². The smallest absolute Gasteiger partial charge is 0.343 e. The molecule has 82 valence electrons. The molecule has 1 unspecified atom stereocenters. The molecule has 0 aromatic carbocycles. The summed E-state index contributed by atoms with van der Waals surface area (Å²) in [5.74, 6) is -0.394. The zero-order chi connectivity index (χ0) is 10.8. The van der Waals surface area contributed by atoms with E-state index in [9.17, 15) is 4.79 Å². The van der Waals surface area contributed by atoms with Gasteiger partial charge in [-0.05, 0) is 18.5 Å². The molecule has 1 aliphatic heterocycles. The fourth-order valence-corrected chi connectivity index (χ4v) is 2.10. The third kappa shape index (κ3) is 2.10. The van der Waals surface area contributed by atoms with Crippen LogP contribution in [0.25, 0.3) is 0 Å². The molecule has 5 nitrogen and oxygen atoms in total. The molecular formula is C9H12N2O3S. The van der Waals surface area contributed by atoms with Crippen LogP contribution in [0.4, 0.5) is 5.00 Å². The summed E-state index contributed by atoms with van der Waals surface area (Å²) in [5, 5.41) is 0.413. The van der Waals surface area contributed by atoms with Crippen molar-refractivity contribution in [2.24, 2.45) is 0 Å². The number of rotatable bonds is 2. The van der Waals surface area contributed by atoms with Crippen LogP contribution >= 0.6 is 11.5 Å². The van der Waals surface area contributed by atoms with E-state index in [0.29, 0.717) is 29.5 Å². The van der Waals surface area contributed by atoms with E-state index in [1.165, 1.54) is 0 Å². The van der Waals surface area contributed by atoms with E-state index in [2.05, 4.69) is 4.37 Å². The van der Waals surface area contributed by atoms with Gasteiger partial charge in [0.2, 0.25) is 0 Å². The molecule has 1 aromatic heterocycles. The van der Waals surface area contributed by atoms with Gasteiger partial charge in [-0.3, -0.25) is 0 Å². The molecule has 0 saturated carbocycles. The van der Waals surface area contributed by atoms with E-state index in [-0.39, 0.29) is 6.10 Å². The van der Waals surface area contributed by atoms with Crippen molar-refractivity contribution in [2.45, 2.75) is 19.4 Å². The van der Waals surface area contributed by atoms with Crippen molar-refractivity contribution in [3.8, 4) is 0 Å². The maximum Gasteiger partial charge on any atom is 0.343 e. The number of nitrogen functional groups attached to an aromatic ring is 1. The molecule has 0 bridgehead atoms. The number of esters is 1. The normalized spacial score (nSPS) is 20.5. The molecule has 2 N–H and O–H groups in total. The van der Waals surface area contributed by atoms with Crippen LogP contribution in [0.2, 0.25) is 0 Å². The Morgan fingerprint density at radius 2 is 2.53 bits per heavy atom. The first-order chi connectivity index (χ1) is 7.18. The summed E-state index contributed by atoms with van der Waals surface area (Å²) in [6, 6.07) is 0. The molecule has 1 aromatic rings. The molecule has 0 spiro atoms. The first kappa shape index (κ1) is 10.4. The molecule has 0 radical (unpaired) electrons. The fourth-order valence-electron chi connectivity index (χ4n) is 1.45. The van der Waals surface area contributed by atoms with Crippen LogP contribution in [0.3, 0.4) is 0 Å². The van der Waals surface area contributed by atoms with Crippen molar-refractivity contribution in [1.29, 1.82) is 0 Å². The Kier molecular flexibility index (Phi) is 2.88. The zero-order valence-electron chi connectivity index (χ0n) is 8.36. The van der Waals surface area contributed by atoms with Crippen molar-refractivity contribution < 1.29 is 14.3 Å². The van der Waals surface area contributed by atoms with E-state index in [0.717, 1.165) is 18.0 Å². The summed E-state index contributed by atoms with van der Waals surface area (Å²) in [6.45, 7) is 2.87. The third-order valence-corrected chi connectivity index (χ3v) is 3.02. The second-order valence-electron chi connectivity index (χ2n) is 3.40. The molecule has 2 heterocycles. The molecule has 1 fully saturated rings. The van der Waals surface area contributed by atoms with Gasteiger partial charge in [0.15, 0.2) is 0 Å². The SMILES string of the molecule is Cc1nsc(N)c1C(=O)OC1CCOC1. The predicted octanol–water partition coefficient (Wildman–Crippen LogP) is 0.979. The highest BCUT2D eigenvalue weighted by molar-refractivity contribution is 7.10. The number of carbonyl (C=O) groups is 1. The van der Waals surface area contributed by atoms with E-state index < -0.39 is 5.97 Å². The third-order valence-electron chi connectivity index (χ3n) is 2.25. The lowest BCUT2D eigenvalue weighted by atomic mass is 10.2. The predicted molar refractivity (Wildman–Crippen MR) is 55.9 cm³/mol. The van der Waals surface area contributed by atoms with Gasteiger partial charge in [-0.25, -0.2) is 4.79 Å². The summed E-state index contributed by atoms with van der Waals surface area (Å²) in [7, 11) is 0. The van der Waals surface area contributed by atoms with Crippen LogP contribution < -0.4 is 5.73 Å². The highest BCUT2D eigenvalue weighted by Gasteiger charge is 2.24. The Labute approximate surface area is 91.3 Å². The first-order valence-electron chi connectivity index (χ1n) is 4.69. The number of carbonyl (C=O) groups excluding carboxylic acids is 1. The number of aryl methyl sites for hydroxylation is 1. The maximum atomic E-state index is 11.7. The Morgan fingerprint density at radius 3 is 3.07 bits per heavy atom. The van der Waals surface area contributed by atoms with Crippen molar-refractivity contribution >= 4 is 22.5 Å². The van der Waals surface area contributed by atoms with Crippen molar-refractivity contribution in [3.05, 3.63) is 11.3 Å². The number of anilines is 1. The van der Waals surface area contributed by atoms with Crippen molar-refractivity contribution in [3.63, 3.8) is 0 Å². The van der Waals surface area contributed by atoms with Crippen LogP contribution in [-0.2, 0) is 9.47 Å². The van der Waals surface area contributed by atoms with Crippen molar-refractivity contribution in [1.82, 2.24) is 4.37 Å². The minimum absolute atomic E-state index is 0.142. The summed E-state index contributed by atoms with van der Waals surface area (Å²) < 4.78 is 14.4.